The summed E-state index contributed by atoms with van der Waals surface area (Å²) < 4.78 is 31.8. The van der Waals surface area contributed by atoms with Crippen molar-refractivity contribution in [1.82, 2.24) is 20.2 Å². The van der Waals surface area contributed by atoms with Gasteiger partial charge < -0.3 is 10.1 Å². The minimum absolute atomic E-state index is 0.00641. The number of sulfonamides is 1. The second-order valence-corrected chi connectivity index (χ2v) is 7.76. The second kappa shape index (κ2) is 8.24. The van der Waals surface area contributed by atoms with Gasteiger partial charge in [0.15, 0.2) is 0 Å². The van der Waals surface area contributed by atoms with Crippen LogP contribution in [0.2, 0.25) is 0 Å². The fraction of sp³-hybridized carbons (Fsp3) is 0.158. The van der Waals surface area contributed by atoms with Crippen LogP contribution < -0.4 is 14.8 Å². The molecule has 0 spiro atoms. The predicted octanol–water partition coefficient (Wildman–Crippen LogP) is 1.92. The molecule has 0 fully saturated rings. The highest BCUT2D eigenvalue weighted by Gasteiger charge is 2.20. The van der Waals surface area contributed by atoms with Crippen LogP contribution in [-0.2, 0) is 16.6 Å². The first-order chi connectivity index (χ1) is 13.4. The molecule has 0 atom stereocenters. The van der Waals surface area contributed by atoms with E-state index in [-0.39, 0.29) is 22.2 Å². The summed E-state index contributed by atoms with van der Waals surface area (Å²) in [5.41, 5.74) is 2.24. The topological polar surface area (TPSA) is 113 Å². The lowest BCUT2D eigenvalue weighted by Gasteiger charge is -2.09. The van der Waals surface area contributed by atoms with Crippen molar-refractivity contribution in [3.63, 3.8) is 0 Å². The number of methoxy groups -OCH3 is 1. The van der Waals surface area contributed by atoms with E-state index >= 15 is 0 Å². The molecule has 0 aliphatic heterocycles. The Balaban J connectivity index is 1.81. The average Bonchev–Trinajstić information content (AvgIpc) is 3.22. The van der Waals surface area contributed by atoms with Gasteiger partial charge in [0.05, 0.1) is 12.8 Å². The van der Waals surface area contributed by atoms with Gasteiger partial charge in [-0.3, -0.25) is 9.89 Å². The van der Waals surface area contributed by atoms with Crippen molar-refractivity contribution >= 4 is 15.9 Å². The zero-order chi connectivity index (χ0) is 20.1. The van der Waals surface area contributed by atoms with Gasteiger partial charge in [0.2, 0.25) is 10.0 Å². The van der Waals surface area contributed by atoms with Gasteiger partial charge in [-0.2, -0.15) is 5.10 Å². The Bertz CT molecular complexity index is 1080. The average molecular weight is 400 g/mol. The van der Waals surface area contributed by atoms with E-state index < -0.39 is 10.0 Å². The Labute approximate surface area is 163 Å². The third-order valence-corrected chi connectivity index (χ3v) is 5.57. The Morgan fingerprint density at radius 2 is 1.89 bits per heavy atom. The number of benzene rings is 2. The number of amides is 1. The Hall–Kier alpha value is -3.17. The number of aromatic amines is 1. The summed E-state index contributed by atoms with van der Waals surface area (Å²) in [6, 6.07) is 15.8. The van der Waals surface area contributed by atoms with Crippen LogP contribution in [0.5, 0.6) is 5.75 Å². The molecule has 0 radical (unpaired) electrons. The van der Waals surface area contributed by atoms with Crippen LogP contribution in [0.4, 0.5) is 0 Å². The van der Waals surface area contributed by atoms with Crippen LogP contribution in [0, 0.1) is 0 Å². The first-order valence-corrected chi connectivity index (χ1v) is 9.92. The van der Waals surface area contributed by atoms with Crippen molar-refractivity contribution in [2.75, 3.05) is 14.2 Å². The molecular formula is C19H20N4O4S. The van der Waals surface area contributed by atoms with E-state index in [1.54, 1.807) is 18.2 Å². The van der Waals surface area contributed by atoms with Crippen LogP contribution in [0.3, 0.4) is 0 Å². The molecule has 0 saturated heterocycles. The summed E-state index contributed by atoms with van der Waals surface area (Å²) in [5, 5.41) is 9.61. The SMILES string of the molecule is CNS(=O)(=O)c1cc(-c2cc(C(=O)NCc3ccccc3)[nH]n2)ccc1OC. The molecule has 1 heterocycles. The molecule has 146 valence electrons. The summed E-state index contributed by atoms with van der Waals surface area (Å²) in [4.78, 5) is 12.3. The lowest BCUT2D eigenvalue weighted by atomic mass is 10.1. The van der Waals surface area contributed by atoms with E-state index in [1.165, 1.54) is 20.2 Å². The van der Waals surface area contributed by atoms with Gasteiger partial charge in [0.25, 0.3) is 5.91 Å². The molecule has 1 aromatic heterocycles. The Morgan fingerprint density at radius 3 is 2.57 bits per heavy atom. The lowest BCUT2D eigenvalue weighted by molar-refractivity contribution is 0.0946. The van der Waals surface area contributed by atoms with Gasteiger partial charge in [0, 0.05) is 12.1 Å². The van der Waals surface area contributed by atoms with Crippen LogP contribution in [-0.4, -0.2) is 38.7 Å². The van der Waals surface area contributed by atoms with Crippen molar-refractivity contribution in [3.8, 4) is 17.0 Å². The van der Waals surface area contributed by atoms with Gasteiger partial charge in [-0.25, -0.2) is 13.1 Å². The molecular weight excluding hydrogens is 380 g/mol. The maximum absolute atomic E-state index is 12.3. The summed E-state index contributed by atoms with van der Waals surface area (Å²) in [6.45, 7) is 0.390. The molecule has 1 amide bonds. The number of carbonyl (C=O) groups is 1. The summed E-state index contributed by atoms with van der Waals surface area (Å²) in [6.07, 6.45) is 0. The third kappa shape index (κ3) is 4.21. The molecule has 3 N–H and O–H groups in total. The maximum atomic E-state index is 12.3. The minimum atomic E-state index is -3.71. The van der Waals surface area contributed by atoms with E-state index in [2.05, 4.69) is 20.2 Å². The number of hydrogen-bond donors (Lipinski definition) is 3. The number of nitrogens with zero attached hydrogens (tertiary/aromatic N) is 1. The largest absolute Gasteiger partial charge is 0.495 e. The van der Waals surface area contributed by atoms with E-state index in [4.69, 9.17) is 4.74 Å². The number of carbonyl (C=O) groups excluding carboxylic acids is 1. The molecule has 0 saturated carbocycles. The highest BCUT2D eigenvalue weighted by molar-refractivity contribution is 7.89. The van der Waals surface area contributed by atoms with E-state index in [0.29, 0.717) is 17.8 Å². The molecule has 9 heteroatoms. The first-order valence-electron chi connectivity index (χ1n) is 8.44. The quantitative estimate of drug-likeness (QED) is 0.561. The smallest absolute Gasteiger partial charge is 0.269 e. The van der Waals surface area contributed by atoms with Gasteiger partial charge >= 0.3 is 0 Å². The molecule has 0 aliphatic rings. The van der Waals surface area contributed by atoms with Gasteiger partial charge in [0.1, 0.15) is 16.3 Å². The van der Waals surface area contributed by atoms with Crippen molar-refractivity contribution in [1.29, 1.82) is 0 Å². The Morgan fingerprint density at radius 1 is 1.14 bits per heavy atom. The van der Waals surface area contributed by atoms with Crippen molar-refractivity contribution in [3.05, 3.63) is 65.9 Å². The summed E-state index contributed by atoms with van der Waals surface area (Å²) in [7, 11) is -0.992. The highest BCUT2D eigenvalue weighted by Crippen LogP contribution is 2.29. The molecule has 3 aromatic rings. The van der Waals surface area contributed by atoms with Crippen molar-refractivity contribution < 1.29 is 17.9 Å². The van der Waals surface area contributed by atoms with Gasteiger partial charge in [-0.15, -0.1) is 0 Å². The zero-order valence-corrected chi connectivity index (χ0v) is 16.2. The van der Waals surface area contributed by atoms with Crippen LogP contribution >= 0.6 is 0 Å². The number of ether oxygens (including phenoxy) is 1. The molecule has 3 rings (SSSR count). The van der Waals surface area contributed by atoms with Crippen LogP contribution in [0.15, 0.2) is 59.5 Å². The summed E-state index contributed by atoms with van der Waals surface area (Å²) >= 11 is 0. The molecule has 2 aromatic carbocycles. The van der Waals surface area contributed by atoms with E-state index in [0.717, 1.165) is 5.56 Å². The standard InChI is InChI=1S/C19H20N4O4S/c1-20-28(25,26)18-10-14(8-9-17(18)27-2)15-11-16(23-22-15)19(24)21-12-13-6-4-3-5-7-13/h3-11,20H,12H2,1-2H3,(H,21,24)(H,22,23). The normalized spacial score (nSPS) is 11.2. The predicted molar refractivity (Wildman–Crippen MR) is 104 cm³/mol. The molecule has 8 nitrogen and oxygen atoms in total. The van der Waals surface area contributed by atoms with E-state index in [1.807, 2.05) is 30.3 Å². The lowest BCUT2D eigenvalue weighted by Crippen LogP contribution is -2.23. The Kier molecular flexibility index (Phi) is 5.76. The number of hydrogen-bond acceptors (Lipinski definition) is 5. The van der Waals surface area contributed by atoms with Crippen LogP contribution in [0.1, 0.15) is 16.1 Å². The zero-order valence-electron chi connectivity index (χ0n) is 15.4. The van der Waals surface area contributed by atoms with Crippen molar-refractivity contribution in [2.24, 2.45) is 0 Å². The van der Waals surface area contributed by atoms with Gasteiger partial charge in [-0.05, 0) is 36.9 Å². The van der Waals surface area contributed by atoms with Crippen molar-refractivity contribution in [2.45, 2.75) is 11.4 Å². The fourth-order valence-electron chi connectivity index (χ4n) is 2.62. The molecule has 0 bridgehead atoms. The van der Waals surface area contributed by atoms with Crippen LogP contribution in [0.25, 0.3) is 11.3 Å². The monoisotopic (exact) mass is 400 g/mol. The fourth-order valence-corrected chi connectivity index (χ4v) is 3.53. The molecule has 0 aliphatic carbocycles. The summed E-state index contributed by atoms with van der Waals surface area (Å²) in [5.74, 6) is -0.0892. The molecule has 0 unspecified atom stereocenters. The number of rotatable bonds is 7. The second-order valence-electron chi connectivity index (χ2n) is 5.91. The minimum Gasteiger partial charge on any atom is -0.495 e. The third-order valence-electron chi connectivity index (χ3n) is 4.14. The highest BCUT2D eigenvalue weighted by atomic mass is 32.2. The number of H-pyrrole nitrogens is 1. The number of aromatic nitrogens is 2. The van der Waals surface area contributed by atoms with Gasteiger partial charge in [-0.1, -0.05) is 30.3 Å². The number of nitrogens with one attached hydrogen (secondary N) is 3. The first kappa shape index (κ1) is 19.6. The maximum Gasteiger partial charge on any atom is 0.269 e. The molecule has 28 heavy (non-hydrogen) atoms. The van der Waals surface area contributed by atoms with E-state index in [9.17, 15) is 13.2 Å².